The first-order chi connectivity index (χ1) is 9.53. The van der Waals surface area contributed by atoms with E-state index in [4.69, 9.17) is 5.73 Å². The van der Waals surface area contributed by atoms with E-state index in [2.05, 4.69) is 43.8 Å². The van der Waals surface area contributed by atoms with Crippen molar-refractivity contribution in [2.75, 3.05) is 29.5 Å². The van der Waals surface area contributed by atoms with Gasteiger partial charge in [-0.25, -0.2) is 4.98 Å². The maximum atomic E-state index is 5.78. The number of aromatic nitrogens is 6. The molecule has 0 unspecified atom stereocenters. The molecule has 0 amide bonds. The van der Waals surface area contributed by atoms with E-state index in [1.807, 2.05) is 11.8 Å². The normalized spacial score (nSPS) is 18.2. The quantitative estimate of drug-likeness (QED) is 0.847. The minimum absolute atomic E-state index is 0.174. The Morgan fingerprint density at radius 3 is 2.75 bits per heavy atom. The fourth-order valence-corrected chi connectivity index (χ4v) is 3.22. The molecule has 106 valence electrons. The van der Waals surface area contributed by atoms with E-state index in [-0.39, 0.29) is 10.7 Å². The molecule has 0 atom stereocenters. The molecule has 0 saturated carbocycles. The molecule has 1 aliphatic rings. The molecule has 8 nitrogen and oxygen atoms in total. The molecule has 9 heteroatoms. The SMILES string of the molecule is CC1(C)CN(c2nc(N)nc(-n3cncn3)n2)CCS1. The second-order valence-electron chi connectivity index (χ2n) is 5.16. The summed E-state index contributed by atoms with van der Waals surface area (Å²) in [5.74, 6) is 2.21. The zero-order chi connectivity index (χ0) is 14.2. The Bertz CT molecular complexity index is 596. The van der Waals surface area contributed by atoms with Crippen LogP contribution >= 0.6 is 11.8 Å². The van der Waals surface area contributed by atoms with E-state index in [0.717, 1.165) is 18.8 Å². The predicted octanol–water partition coefficient (Wildman–Crippen LogP) is 0.366. The van der Waals surface area contributed by atoms with Crippen molar-refractivity contribution in [3.8, 4) is 5.95 Å². The third-order valence-corrected chi connectivity index (χ3v) is 4.26. The smallest absolute Gasteiger partial charge is 0.258 e. The van der Waals surface area contributed by atoms with Crippen molar-refractivity contribution in [2.24, 2.45) is 0 Å². The van der Waals surface area contributed by atoms with Crippen molar-refractivity contribution in [3.05, 3.63) is 12.7 Å². The van der Waals surface area contributed by atoms with Gasteiger partial charge in [-0.3, -0.25) is 0 Å². The summed E-state index contributed by atoms with van der Waals surface area (Å²) in [5, 5.41) is 4.02. The van der Waals surface area contributed by atoms with Gasteiger partial charge in [-0.15, -0.1) is 0 Å². The Morgan fingerprint density at radius 2 is 2.05 bits per heavy atom. The first kappa shape index (κ1) is 13.1. The molecule has 3 rings (SSSR count). The third-order valence-electron chi connectivity index (χ3n) is 2.96. The number of hydrogen-bond donors (Lipinski definition) is 1. The van der Waals surface area contributed by atoms with Crippen LogP contribution in [0, 0.1) is 0 Å². The molecule has 2 N–H and O–H groups in total. The van der Waals surface area contributed by atoms with Crippen LogP contribution in [0.15, 0.2) is 12.7 Å². The van der Waals surface area contributed by atoms with Crippen molar-refractivity contribution in [2.45, 2.75) is 18.6 Å². The van der Waals surface area contributed by atoms with Crippen molar-refractivity contribution < 1.29 is 0 Å². The molecule has 0 aliphatic carbocycles. The standard InChI is InChI=1S/C11H16N8S/c1-11(2)5-18(3-4-20-11)9-15-8(12)16-10(17-9)19-7-13-6-14-19/h6-7H,3-5H2,1-2H3,(H2,12,15,16,17). The Balaban J connectivity index is 1.94. The summed E-state index contributed by atoms with van der Waals surface area (Å²) < 4.78 is 1.65. The minimum atomic E-state index is 0.174. The highest BCUT2D eigenvalue weighted by Crippen LogP contribution is 2.31. The molecule has 0 radical (unpaired) electrons. The topological polar surface area (TPSA) is 98.6 Å². The van der Waals surface area contributed by atoms with Gasteiger partial charge in [0.1, 0.15) is 12.7 Å². The first-order valence-electron chi connectivity index (χ1n) is 6.29. The molecule has 2 aromatic rings. The Morgan fingerprint density at radius 1 is 1.25 bits per heavy atom. The molecule has 1 saturated heterocycles. The highest BCUT2D eigenvalue weighted by Gasteiger charge is 2.29. The van der Waals surface area contributed by atoms with E-state index >= 15 is 0 Å². The van der Waals surface area contributed by atoms with Gasteiger partial charge in [0.2, 0.25) is 11.9 Å². The molecule has 0 bridgehead atoms. The molecule has 20 heavy (non-hydrogen) atoms. The van der Waals surface area contributed by atoms with Crippen LogP contribution in [-0.2, 0) is 0 Å². The van der Waals surface area contributed by atoms with Crippen molar-refractivity contribution in [1.82, 2.24) is 29.7 Å². The summed E-state index contributed by atoms with van der Waals surface area (Å²) in [4.78, 5) is 18.8. The largest absolute Gasteiger partial charge is 0.368 e. The van der Waals surface area contributed by atoms with Gasteiger partial charge in [-0.1, -0.05) is 0 Å². The summed E-state index contributed by atoms with van der Waals surface area (Å²) in [7, 11) is 0. The summed E-state index contributed by atoms with van der Waals surface area (Å²) >= 11 is 1.95. The highest BCUT2D eigenvalue weighted by molar-refractivity contribution is 8.00. The van der Waals surface area contributed by atoms with Crippen molar-refractivity contribution >= 4 is 23.7 Å². The van der Waals surface area contributed by atoms with Crippen LogP contribution in [0.5, 0.6) is 0 Å². The van der Waals surface area contributed by atoms with Crippen LogP contribution in [0.25, 0.3) is 5.95 Å². The van der Waals surface area contributed by atoms with Gasteiger partial charge in [0, 0.05) is 23.6 Å². The lowest BCUT2D eigenvalue weighted by Crippen LogP contribution is -2.44. The summed E-state index contributed by atoms with van der Waals surface area (Å²) in [6.07, 6.45) is 2.97. The third kappa shape index (κ3) is 2.67. The fourth-order valence-electron chi connectivity index (χ4n) is 2.11. The molecular formula is C11H16N8S. The average Bonchev–Trinajstić information content (AvgIpc) is 2.90. The lowest BCUT2D eigenvalue weighted by atomic mass is 10.2. The van der Waals surface area contributed by atoms with Crippen molar-refractivity contribution in [3.63, 3.8) is 0 Å². The Kier molecular flexibility index (Phi) is 3.20. The zero-order valence-electron chi connectivity index (χ0n) is 11.4. The molecule has 2 aromatic heterocycles. The van der Waals surface area contributed by atoms with E-state index < -0.39 is 0 Å². The van der Waals surface area contributed by atoms with Gasteiger partial charge in [0.25, 0.3) is 5.95 Å². The van der Waals surface area contributed by atoms with Gasteiger partial charge in [-0.05, 0) is 13.8 Å². The molecule has 1 fully saturated rings. The van der Waals surface area contributed by atoms with Crippen LogP contribution < -0.4 is 10.6 Å². The monoisotopic (exact) mass is 292 g/mol. The molecule has 1 aliphatic heterocycles. The van der Waals surface area contributed by atoms with E-state index in [1.54, 1.807) is 0 Å². The Labute approximate surface area is 120 Å². The summed E-state index contributed by atoms with van der Waals surface area (Å²) in [5.41, 5.74) is 5.78. The second kappa shape index (κ2) is 4.89. The highest BCUT2D eigenvalue weighted by atomic mass is 32.2. The van der Waals surface area contributed by atoms with Crippen molar-refractivity contribution in [1.29, 1.82) is 0 Å². The maximum absolute atomic E-state index is 5.78. The summed E-state index contributed by atoms with van der Waals surface area (Å²) in [6.45, 7) is 6.20. The van der Waals surface area contributed by atoms with Crippen LogP contribution in [0.2, 0.25) is 0 Å². The molecular weight excluding hydrogens is 276 g/mol. The van der Waals surface area contributed by atoms with Crippen LogP contribution in [0.4, 0.5) is 11.9 Å². The van der Waals surface area contributed by atoms with Crippen LogP contribution in [0.3, 0.4) is 0 Å². The lowest BCUT2D eigenvalue weighted by Gasteiger charge is -2.37. The van der Waals surface area contributed by atoms with Crippen LogP contribution in [-0.4, -0.2) is 53.3 Å². The molecule has 3 heterocycles. The van der Waals surface area contributed by atoms with E-state index in [9.17, 15) is 0 Å². The number of hydrogen-bond acceptors (Lipinski definition) is 8. The van der Waals surface area contributed by atoms with Gasteiger partial charge >= 0.3 is 0 Å². The number of rotatable bonds is 2. The minimum Gasteiger partial charge on any atom is -0.368 e. The number of anilines is 2. The lowest BCUT2D eigenvalue weighted by molar-refractivity contribution is 0.632. The van der Waals surface area contributed by atoms with E-state index in [0.29, 0.717) is 11.9 Å². The predicted molar refractivity (Wildman–Crippen MR) is 77.9 cm³/mol. The molecule has 0 spiro atoms. The van der Waals surface area contributed by atoms with Gasteiger partial charge < -0.3 is 10.6 Å². The number of nitrogen functional groups attached to an aromatic ring is 1. The number of thioether (sulfide) groups is 1. The van der Waals surface area contributed by atoms with E-state index in [1.165, 1.54) is 17.3 Å². The average molecular weight is 292 g/mol. The molecule has 0 aromatic carbocycles. The number of nitrogens with zero attached hydrogens (tertiary/aromatic N) is 7. The number of nitrogens with two attached hydrogens (primary N) is 1. The maximum Gasteiger partial charge on any atom is 0.258 e. The first-order valence-corrected chi connectivity index (χ1v) is 7.27. The van der Waals surface area contributed by atoms with Gasteiger partial charge in [0.05, 0.1) is 0 Å². The fraction of sp³-hybridized carbons (Fsp3) is 0.545. The van der Waals surface area contributed by atoms with Gasteiger partial charge in [-0.2, -0.15) is 36.5 Å². The zero-order valence-corrected chi connectivity index (χ0v) is 12.2. The van der Waals surface area contributed by atoms with Crippen LogP contribution in [0.1, 0.15) is 13.8 Å². The van der Waals surface area contributed by atoms with Gasteiger partial charge in [0.15, 0.2) is 0 Å². The Hall–Kier alpha value is -1.90. The second-order valence-corrected chi connectivity index (χ2v) is 6.97. The summed E-state index contributed by atoms with van der Waals surface area (Å²) in [6, 6.07) is 0.